The van der Waals surface area contributed by atoms with Crippen molar-refractivity contribution in [1.29, 1.82) is 0 Å². The number of ether oxygens (including phenoxy) is 1. The molecule has 3 aromatic heterocycles. The normalized spacial score (nSPS) is 11.6. The summed E-state index contributed by atoms with van der Waals surface area (Å²) in [5.74, 6) is -0.786. The lowest BCUT2D eigenvalue weighted by atomic mass is 10.0. The van der Waals surface area contributed by atoms with Crippen LogP contribution in [0, 0.1) is 11.6 Å². The quantitative estimate of drug-likeness (QED) is 0.334. The van der Waals surface area contributed by atoms with Gasteiger partial charge in [0.05, 0.1) is 12.3 Å². The number of aromatic amines is 1. The van der Waals surface area contributed by atoms with Gasteiger partial charge in [0.15, 0.2) is 17.4 Å². The molecular formula is C23H19F2N5O. The molecule has 0 unspecified atom stereocenters. The molecule has 0 atom stereocenters. The predicted octanol–water partition coefficient (Wildman–Crippen LogP) is 5.14. The lowest BCUT2D eigenvalue weighted by Gasteiger charge is -2.11. The van der Waals surface area contributed by atoms with Gasteiger partial charge in [-0.1, -0.05) is 12.6 Å². The molecule has 3 heterocycles. The SMILES string of the molecule is C=CC(N)=Nc1cccc(-c2cnc3[nH]cc(-c4cc(F)cc(F)c4OCC)c3c2)n1. The van der Waals surface area contributed by atoms with Crippen molar-refractivity contribution in [2.24, 2.45) is 10.7 Å². The van der Waals surface area contributed by atoms with Crippen LogP contribution in [0.15, 0.2) is 66.4 Å². The monoisotopic (exact) mass is 419 g/mol. The van der Waals surface area contributed by atoms with E-state index in [1.165, 1.54) is 12.1 Å². The molecule has 0 aliphatic heterocycles. The molecule has 0 amide bonds. The number of aromatic nitrogens is 3. The number of pyridine rings is 2. The van der Waals surface area contributed by atoms with Crippen molar-refractivity contribution in [3.63, 3.8) is 0 Å². The fourth-order valence-electron chi connectivity index (χ4n) is 3.24. The molecule has 156 valence electrons. The molecule has 0 aliphatic rings. The van der Waals surface area contributed by atoms with E-state index in [2.05, 4.69) is 26.5 Å². The fraction of sp³-hybridized carbons (Fsp3) is 0.0870. The average molecular weight is 419 g/mol. The van der Waals surface area contributed by atoms with Crippen LogP contribution in [-0.2, 0) is 0 Å². The summed E-state index contributed by atoms with van der Waals surface area (Å²) >= 11 is 0. The number of fused-ring (bicyclic) bond motifs is 1. The first kappa shape index (κ1) is 20.2. The number of nitrogens with zero attached hydrogens (tertiary/aromatic N) is 3. The molecule has 4 rings (SSSR count). The second-order valence-corrected chi connectivity index (χ2v) is 6.64. The van der Waals surface area contributed by atoms with E-state index in [4.69, 9.17) is 10.5 Å². The Morgan fingerprint density at radius 3 is 2.87 bits per heavy atom. The number of hydrogen-bond donors (Lipinski definition) is 2. The zero-order chi connectivity index (χ0) is 22.0. The topological polar surface area (TPSA) is 89.2 Å². The molecule has 3 N–H and O–H groups in total. The third-order valence-corrected chi connectivity index (χ3v) is 4.60. The summed E-state index contributed by atoms with van der Waals surface area (Å²) in [4.78, 5) is 16.1. The molecule has 0 radical (unpaired) electrons. The highest BCUT2D eigenvalue weighted by Gasteiger charge is 2.18. The van der Waals surface area contributed by atoms with Gasteiger partial charge in [0.1, 0.15) is 17.3 Å². The Hall–Kier alpha value is -4.07. The van der Waals surface area contributed by atoms with Crippen molar-refractivity contribution in [3.8, 4) is 28.1 Å². The number of halogens is 2. The minimum absolute atomic E-state index is 0.00966. The molecule has 0 saturated carbocycles. The van der Waals surface area contributed by atoms with E-state index in [9.17, 15) is 8.78 Å². The second-order valence-electron chi connectivity index (χ2n) is 6.64. The number of H-pyrrole nitrogens is 1. The van der Waals surface area contributed by atoms with Crippen LogP contribution in [0.5, 0.6) is 5.75 Å². The molecule has 0 saturated heterocycles. The molecule has 6 nitrogen and oxygen atoms in total. The Labute approximate surface area is 177 Å². The molecule has 31 heavy (non-hydrogen) atoms. The van der Waals surface area contributed by atoms with Crippen molar-refractivity contribution in [3.05, 3.63) is 73.1 Å². The van der Waals surface area contributed by atoms with Crippen LogP contribution in [0.1, 0.15) is 6.92 Å². The Morgan fingerprint density at radius 2 is 2.10 bits per heavy atom. The molecule has 0 bridgehead atoms. The lowest BCUT2D eigenvalue weighted by molar-refractivity contribution is 0.322. The first-order valence-electron chi connectivity index (χ1n) is 9.53. The second kappa shape index (κ2) is 8.35. The summed E-state index contributed by atoms with van der Waals surface area (Å²) < 4.78 is 33.8. The Bertz CT molecular complexity index is 1310. The number of nitrogens with two attached hydrogens (primary N) is 1. The Kier molecular flexibility index (Phi) is 5.44. The largest absolute Gasteiger partial charge is 0.490 e. The van der Waals surface area contributed by atoms with Gasteiger partial charge in [-0.3, -0.25) is 0 Å². The van der Waals surface area contributed by atoms with Crippen LogP contribution in [0.25, 0.3) is 33.4 Å². The highest BCUT2D eigenvalue weighted by molar-refractivity contribution is 5.97. The Balaban J connectivity index is 1.86. The Morgan fingerprint density at radius 1 is 1.26 bits per heavy atom. The minimum atomic E-state index is -0.762. The molecule has 0 spiro atoms. The third-order valence-electron chi connectivity index (χ3n) is 4.60. The smallest absolute Gasteiger partial charge is 0.168 e. The molecule has 1 aromatic carbocycles. The first-order chi connectivity index (χ1) is 15.0. The zero-order valence-electron chi connectivity index (χ0n) is 16.7. The maximum atomic E-state index is 14.4. The maximum Gasteiger partial charge on any atom is 0.168 e. The van der Waals surface area contributed by atoms with Gasteiger partial charge >= 0.3 is 0 Å². The molecule has 0 aliphatic carbocycles. The van der Waals surface area contributed by atoms with Gasteiger partial charge in [0.2, 0.25) is 0 Å². The summed E-state index contributed by atoms with van der Waals surface area (Å²) in [6, 6.07) is 9.23. The van der Waals surface area contributed by atoms with Crippen LogP contribution in [0.3, 0.4) is 0 Å². The number of nitrogens with one attached hydrogen (secondary N) is 1. The van der Waals surface area contributed by atoms with Crippen LogP contribution < -0.4 is 10.5 Å². The van der Waals surface area contributed by atoms with E-state index >= 15 is 0 Å². The van der Waals surface area contributed by atoms with Gasteiger partial charge in [0.25, 0.3) is 0 Å². The van der Waals surface area contributed by atoms with E-state index < -0.39 is 11.6 Å². The van der Waals surface area contributed by atoms with E-state index in [-0.39, 0.29) is 18.2 Å². The number of aliphatic imine (C=N–C) groups is 1. The van der Waals surface area contributed by atoms with Crippen LogP contribution in [0.4, 0.5) is 14.6 Å². The highest BCUT2D eigenvalue weighted by Crippen LogP contribution is 2.38. The summed E-state index contributed by atoms with van der Waals surface area (Å²) in [7, 11) is 0. The van der Waals surface area contributed by atoms with Crippen LogP contribution in [-0.4, -0.2) is 27.4 Å². The first-order valence-corrected chi connectivity index (χ1v) is 9.53. The summed E-state index contributed by atoms with van der Waals surface area (Å²) in [5, 5.41) is 0.671. The van der Waals surface area contributed by atoms with E-state index in [0.717, 1.165) is 6.07 Å². The van der Waals surface area contributed by atoms with Crippen molar-refractivity contribution in [1.82, 2.24) is 15.0 Å². The summed E-state index contributed by atoms with van der Waals surface area (Å²) in [6.07, 6.45) is 4.74. The van der Waals surface area contributed by atoms with Crippen LogP contribution >= 0.6 is 0 Å². The number of benzene rings is 1. The van der Waals surface area contributed by atoms with Crippen LogP contribution in [0.2, 0.25) is 0 Å². The standard InChI is InChI=1S/C23H19F2N5O/c1-3-20(26)30-21-7-5-6-19(29-21)13-8-16-17(12-28-23(16)27-11-13)15-9-14(24)10-18(25)22(15)31-4-2/h3,5-12H,1,4H2,2H3,(H,27,28)(H2,26,29,30). The van der Waals surface area contributed by atoms with Gasteiger partial charge in [-0.05, 0) is 37.3 Å². The van der Waals surface area contributed by atoms with E-state index in [1.807, 2.05) is 12.1 Å². The molecule has 4 aromatic rings. The zero-order valence-corrected chi connectivity index (χ0v) is 16.7. The molecule has 0 fully saturated rings. The number of rotatable bonds is 6. The molecule has 8 heteroatoms. The van der Waals surface area contributed by atoms with Gasteiger partial charge in [-0.15, -0.1) is 0 Å². The van der Waals surface area contributed by atoms with Crippen molar-refractivity contribution < 1.29 is 13.5 Å². The van der Waals surface area contributed by atoms with Crippen molar-refractivity contribution in [2.75, 3.05) is 6.61 Å². The van der Waals surface area contributed by atoms with Crippen molar-refractivity contribution >= 4 is 22.7 Å². The number of amidine groups is 1. The maximum absolute atomic E-state index is 14.4. The van der Waals surface area contributed by atoms with E-state index in [1.54, 1.807) is 31.5 Å². The fourth-order valence-corrected chi connectivity index (χ4v) is 3.24. The van der Waals surface area contributed by atoms with Gasteiger partial charge in [-0.25, -0.2) is 23.7 Å². The average Bonchev–Trinajstić information content (AvgIpc) is 3.18. The van der Waals surface area contributed by atoms with Crippen molar-refractivity contribution in [2.45, 2.75) is 6.92 Å². The molecular weight excluding hydrogens is 400 g/mol. The highest BCUT2D eigenvalue weighted by atomic mass is 19.1. The van der Waals surface area contributed by atoms with E-state index in [0.29, 0.717) is 39.2 Å². The summed E-state index contributed by atoms with van der Waals surface area (Å²) in [6.45, 7) is 5.56. The number of hydrogen-bond acceptors (Lipinski definition) is 4. The lowest BCUT2D eigenvalue weighted by Crippen LogP contribution is -2.06. The predicted molar refractivity (Wildman–Crippen MR) is 117 cm³/mol. The minimum Gasteiger partial charge on any atom is -0.490 e. The third kappa shape index (κ3) is 4.00. The van der Waals surface area contributed by atoms with Gasteiger partial charge < -0.3 is 15.5 Å². The van der Waals surface area contributed by atoms with Gasteiger partial charge in [-0.2, -0.15) is 0 Å². The van der Waals surface area contributed by atoms with Gasteiger partial charge in [0, 0.05) is 40.5 Å². The summed E-state index contributed by atoms with van der Waals surface area (Å²) in [5.41, 5.74) is 8.46.